The van der Waals surface area contributed by atoms with Crippen molar-refractivity contribution in [2.45, 2.75) is 31.3 Å². The van der Waals surface area contributed by atoms with Gasteiger partial charge in [0.15, 0.2) is 9.84 Å². The van der Waals surface area contributed by atoms with Gasteiger partial charge in [0, 0.05) is 5.75 Å². The zero-order valence-corrected chi connectivity index (χ0v) is 10.2. The van der Waals surface area contributed by atoms with Gasteiger partial charge in [-0.15, -0.1) is 11.8 Å². The summed E-state index contributed by atoms with van der Waals surface area (Å²) in [6.45, 7) is 4.80. The average molecular weight is 240 g/mol. The Bertz CT molecular complexity index is 282. The van der Waals surface area contributed by atoms with Gasteiger partial charge >= 0.3 is 5.97 Å². The number of carbonyl (C=O) groups is 1. The highest BCUT2D eigenvalue weighted by Gasteiger charge is 2.17. The maximum Gasteiger partial charge on any atom is 0.316 e. The van der Waals surface area contributed by atoms with Crippen LogP contribution >= 0.6 is 11.8 Å². The van der Waals surface area contributed by atoms with Crippen LogP contribution in [0, 0.1) is 0 Å². The summed E-state index contributed by atoms with van der Waals surface area (Å²) in [5.74, 6) is -0.516. The highest BCUT2D eigenvalue weighted by molar-refractivity contribution is 8.01. The number of aliphatic carboxylic acids is 1. The molecule has 84 valence electrons. The molecule has 0 rings (SSSR count). The summed E-state index contributed by atoms with van der Waals surface area (Å²) in [6, 6.07) is 0. The number of carboxylic acids is 1. The highest BCUT2D eigenvalue weighted by Crippen LogP contribution is 2.12. The number of sulfone groups is 1. The van der Waals surface area contributed by atoms with E-state index in [0.29, 0.717) is 5.75 Å². The number of rotatable bonds is 6. The van der Waals surface area contributed by atoms with E-state index in [0.717, 1.165) is 11.8 Å². The second-order valence-corrected chi connectivity index (χ2v) is 7.39. The second-order valence-electron chi connectivity index (χ2n) is 3.27. The summed E-state index contributed by atoms with van der Waals surface area (Å²) in [7, 11) is -3.03. The van der Waals surface area contributed by atoms with E-state index in [1.807, 2.05) is 0 Å². The van der Waals surface area contributed by atoms with Crippen LogP contribution in [-0.4, -0.2) is 41.5 Å². The Balaban J connectivity index is 3.92. The van der Waals surface area contributed by atoms with E-state index >= 15 is 0 Å². The van der Waals surface area contributed by atoms with Crippen molar-refractivity contribution in [3.05, 3.63) is 0 Å². The van der Waals surface area contributed by atoms with E-state index in [2.05, 4.69) is 0 Å². The van der Waals surface area contributed by atoms with E-state index in [-0.39, 0.29) is 11.0 Å². The molecule has 0 saturated heterocycles. The van der Waals surface area contributed by atoms with Gasteiger partial charge in [-0.25, -0.2) is 8.42 Å². The van der Waals surface area contributed by atoms with Crippen LogP contribution in [0.3, 0.4) is 0 Å². The van der Waals surface area contributed by atoms with Gasteiger partial charge in [-0.05, 0) is 20.8 Å². The molecular weight excluding hydrogens is 224 g/mol. The Hall–Kier alpha value is -0.230. The van der Waals surface area contributed by atoms with E-state index in [1.165, 1.54) is 0 Å². The standard InChI is InChI=1S/C8H16O4S2/c1-6(2)14(11,12)5-4-13-7(3)8(9)10/h6-7H,4-5H2,1-3H3,(H,9,10). The molecule has 14 heavy (non-hydrogen) atoms. The molecule has 0 aliphatic carbocycles. The van der Waals surface area contributed by atoms with Gasteiger partial charge in [0.25, 0.3) is 0 Å². The summed E-state index contributed by atoms with van der Waals surface area (Å²) in [6.07, 6.45) is 0. The van der Waals surface area contributed by atoms with Crippen molar-refractivity contribution in [2.75, 3.05) is 11.5 Å². The zero-order chi connectivity index (χ0) is 11.4. The first-order valence-electron chi connectivity index (χ1n) is 4.33. The van der Waals surface area contributed by atoms with Gasteiger partial charge in [0.05, 0.1) is 16.3 Å². The lowest BCUT2D eigenvalue weighted by Crippen LogP contribution is -2.21. The molecule has 0 spiro atoms. The second kappa shape index (κ2) is 5.60. The van der Waals surface area contributed by atoms with Crippen molar-refractivity contribution in [3.63, 3.8) is 0 Å². The van der Waals surface area contributed by atoms with E-state index < -0.39 is 21.1 Å². The van der Waals surface area contributed by atoms with Crippen molar-refractivity contribution in [2.24, 2.45) is 0 Å². The van der Waals surface area contributed by atoms with Crippen molar-refractivity contribution in [1.82, 2.24) is 0 Å². The fraction of sp³-hybridized carbons (Fsp3) is 0.875. The van der Waals surface area contributed by atoms with E-state index in [9.17, 15) is 13.2 Å². The summed E-state index contributed by atoms with van der Waals surface area (Å²) in [5.41, 5.74) is 0. The Kier molecular flexibility index (Phi) is 5.51. The first kappa shape index (κ1) is 13.8. The van der Waals surface area contributed by atoms with E-state index in [4.69, 9.17) is 5.11 Å². The topological polar surface area (TPSA) is 71.4 Å². The highest BCUT2D eigenvalue weighted by atomic mass is 32.2. The van der Waals surface area contributed by atoms with Gasteiger partial charge in [-0.1, -0.05) is 0 Å². The third-order valence-corrected chi connectivity index (χ3v) is 5.41. The minimum atomic E-state index is -3.03. The summed E-state index contributed by atoms with van der Waals surface area (Å²) < 4.78 is 22.6. The van der Waals surface area contributed by atoms with Crippen LogP contribution in [0.25, 0.3) is 0 Å². The Morgan fingerprint density at radius 1 is 1.36 bits per heavy atom. The molecule has 6 heteroatoms. The molecule has 1 N–H and O–H groups in total. The Morgan fingerprint density at radius 3 is 2.21 bits per heavy atom. The molecule has 0 bridgehead atoms. The molecule has 0 amide bonds. The number of hydrogen-bond donors (Lipinski definition) is 1. The molecule has 0 aliphatic heterocycles. The molecule has 0 aromatic carbocycles. The largest absolute Gasteiger partial charge is 0.480 e. The first-order chi connectivity index (χ1) is 6.27. The maximum absolute atomic E-state index is 11.3. The molecule has 1 atom stereocenters. The fourth-order valence-electron chi connectivity index (χ4n) is 0.648. The van der Waals surface area contributed by atoms with Gasteiger partial charge < -0.3 is 5.11 Å². The van der Waals surface area contributed by atoms with Gasteiger partial charge in [0.1, 0.15) is 0 Å². The number of thioether (sulfide) groups is 1. The smallest absolute Gasteiger partial charge is 0.316 e. The van der Waals surface area contributed by atoms with E-state index in [1.54, 1.807) is 20.8 Å². The molecule has 0 aromatic rings. The SMILES string of the molecule is CC(SCCS(=O)(=O)C(C)C)C(=O)O. The van der Waals surface area contributed by atoms with Gasteiger partial charge in [-0.3, -0.25) is 4.79 Å². The average Bonchev–Trinajstić information content (AvgIpc) is 2.03. The quantitative estimate of drug-likeness (QED) is 0.750. The maximum atomic E-state index is 11.3. The number of carboxylic acid groups (broad SMARTS) is 1. The molecule has 0 aromatic heterocycles. The summed E-state index contributed by atoms with van der Waals surface area (Å²) in [5, 5.41) is 7.62. The predicted molar refractivity (Wildman–Crippen MR) is 58.5 cm³/mol. The third-order valence-electron chi connectivity index (χ3n) is 1.80. The molecule has 4 nitrogen and oxygen atoms in total. The van der Waals surface area contributed by atoms with Crippen molar-refractivity contribution < 1.29 is 18.3 Å². The molecular formula is C8H16O4S2. The van der Waals surface area contributed by atoms with Crippen LogP contribution in [-0.2, 0) is 14.6 Å². The lowest BCUT2D eigenvalue weighted by atomic mass is 10.5. The minimum absolute atomic E-state index is 0.0486. The summed E-state index contributed by atoms with van der Waals surface area (Å²) in [4.78, 5) is 10.4. The summed E-state index contributed by atoms with van der Waals surface area (Å²) >= 11 is 1.15. The molecule has 1 unspecified atom stereocenters. The third kappa shape index (κ3) is 4.85. The van der Waals surface area contributed by atoms with Crippen LogP contribution in [0.1, 0.15) is 20.8 Å². The van der Waals surface area contributed by atoms with Crippen LogP contribution in [0.2, 0.25) is 0 Å². The van der Waals surface area contributed by atoms with Crippen molar-refractivity contribution in [3.8, 4) is 0 Å². The fourth-order valence-corrected chi connectivity index (χ4v) is 2.93. The molecule has 0 heterocycles. The Labute approximate surface area is 89.0 Å². The molecule has 0 fully saturated rings. The Morgan fingerprint density at radius 2 is 1.86 bits per heavy atom. The van der Waals surface area contributed by atoms with Gasteiger partial charge in [-0.2, -0.15) is 0 Å². The molecule has 0 aliphatic rings. The van der Waals surface area contributed by atoms with Crippen LogP contribution in [0.5, 0.6) is 0 Å². The molecule has 0 radical (unpaired) electrons. The molecule has 0 saturated carbocycles. The van der Waals surface area contributed by atoms with Gasteiger partial charge in [0.2, 0.25) is 0 Å². The predicted octanol–water partition coefficient (Wildman–Crippen LogP) is 1.02. The number of hydrogen-bond acceptors (Lipinski definition) is 4. The minimum Gasteiger partial charge on any atom is -0.480 e. The normalized spacial score (nSPS) is 14.3. The van der Waals surface area contributed by atoms with Crippen LogP contribution in [0.15, 0.2) is 0 Å². The zero-order valence-electron chi connectivity index (χ0n) is 8.56. The first-order valence-corrected chi connectivity index (χ1v) is 7.09. The lowest BCUT2D eigenvalue weighted by molar-refractivity contribution is -0.136. The van der Waals surface area contributed by atoms with Crippen LogP contribution in [0.4, 0.5) is 0 Å². The monoisotopic (exact) mass is 240 g/mol. The lowest BCUT2D eigenvalue weighted by Gasteiger charge is -2.08. The van der Waals surface area contributed by atoms with Crippen molar-refractivity contribution in [1.29, 1.82) is 0 Å². The van der Waals surface area contributed by atoms with Crippen molar-refractivity contribution >= 4 is 27.6 Å². The van der Waals surface area contributed by atoms with Crippen LogP contribution < -0.4 is 0 Å².